The monoisotopic (exact) mass is 360 g/mol. The van der Waals surface area contributed by atoms with Gasteiger partial charge in [-0.1, -0.05) is 43.3 Å². The number of benzene rings is 2. The van der Waals surface area contributed by atoms with Crippen LogP contribution in [0.5, 0.6) is 0 Å². The Morgan fingerprint density at radius 3 is 2.81 bits per heavy atom. The molecule has 1 aliphatic heterocycles. The van der Waals surface area contributed by atoms with Crippen molar-refractivity contribution in [1.82, 2.24) is 20.0 Å². The molecule has 1 saturated heterocycles. The molecule has 2 heterocycles. The molecule has 5 heteroatoms. The fraction of sp³-hybridized carbons (Fsp3) is 0.273. The molecule has 0 aliphatic carbocycles. The Bertz CT molecular complexity index is 919. The van der Waals surface area contributed by atoms with Crippen molar-refractivity contribution in [2.24, 2.45) is 0 Å². The molecule has 1 amide bonds. The van der Waals surface area contributed by atoms with Gasteiger partial charge < -0.3 is 10.2 Å². The number of carbonyl (C=O) groups is 1. The first kappa shape index (κ1) is 17.5. The maximum atomic E-state index is 13.0. The molecule has 1 atom stereocenters. The molecule has 1 aromatic heterocycles. The second-order valence-corrected chi connectivity index (χ2v) is 6.86. The van der Waals surface area contributed by atoms with E-state index in [1.54, 1.807) is 6.20 Å². The summed E-state index contributed by atoms with van der Waals surface area (Å²) in [6.45, 7) is 4.50. The molecule has 27 heavy (non-hydrogen) atoms. The summed E-state index contributed by atoms with van der Waals surface area (Å²) in [5.74, 6) is 0.0882. The molecule has 2 aromatic carbocycles. The van der Waals surface area contributed by atoms with Crippen molar-refractivity contribution in [2.45, 2.75) is 19.4 Å². The SMILES string of the molecule is CCC1CN(C(=O)c2cccc(-n3nccc3-c3ccccc3)c2)CCN1. The highest BCUT2D eigenvalue weighted by molar-refractivity contribution is 5.95. The third-order valence-electron chi connectivity index (χ3n) is 5.09. The van der Waals surface area contributed by atoms with Crippen LogP contribution in [-0.2, 0) is 0 Å². The van der Waals surface area contributed by atoms with Gasteiger partial charge in [0.2, 0.25) is 0 Å². The van der Waals surface area contributed by atoms with Gasteiger partial charge in [0.05, 0.1) is 17.6 Å². The van der Waals surface area contributed by atoms with E-state index in [0.717, 1.165) is 43.0 Å². The molecule has 0 saturated carbocycles. The van der Waals surface area contributed by atoms with Crippen molar-refractivity contribution < 1.29 is 4.79 Å². The lowest BCUT2D eigenvalue weighted by molar-refractivity contribution is 0.0701. The van der Waals surface area contributed by atoms with E-state index in [9.17, 15) is 4.79 Å². The molecule has 5 nitrogen and oxygen atoms in total. The molecule has 1 fully saturated rings. The zero-order valence-electron chi connectivity index (χ0n) is 15.5. The van der Waals surface area contributed by atoms with Gasteiger partial charge in [0.1, 0.15) is 0 Å². The fourth-order valence-electron chi connectivity index (χ4n) is 3.57. The fourth-order valence-corrected chi connectivity index (χ4v) is 3.57. The second-order valence-electron chi connectivity index (χ2n) is 6.86. The van der Waals surface area contributed by atoms with E-state index < -0.39 is 0 Å². The number of nitrogens with one attached hydrogen (secondary N) is 1. The normalized spacial score (nSPS) is 17.1. The third-order valence-corrected chi connectivity index (χ3v) is 5.09. The predicted octanol–water partition coefficient (Wildman–Crippen LogP) is 3.36. The van der Waals surface area contributed by atoms with Crippen LogP contribution >= 0.6 is 0 Å². The molecule has 0 radical (unpaired) electrons. The van der Waals surface area contributed by atoms with Crippen molar-refractivity contribution in [3.05, 3.63) is 72.4 Å². The summed E-state index contributed by atoms with van der Waals surface area (Å²) < 4.78 is 1.89. The van der Waals surface area contributed by atoms with Gasteiger partial charge in [0, 0.05) is 36.8 Å². The zero-order chi connectivity index (χ0) is 18.6. The van der Waals surface area contributed by atoms with Gasteiger partial charge in [-0.2, -0.15) is 5.10 Å². The molecular formula is C22H24N4O. The Morgan fingerprint density at radius 2 is 2.00 bits per heavy atom. The Kier molecular flexibility index (Phi) is 5.03. The van der Waals surface area contributed by atoms with Crippen molar-refractivity contribution in [3.63, 3.8) is 0 Å². The minimum absolute atomic E-state index is 0.0882. The van der Waals surface area contributed by atoms with Crippen LogP contribution in [0.3, 0.4) is 0 Å². The van der Waals surface area contributed by atoms with Crippen molar-refractivity contribution in [3.8, 4) is 16.9 Å². The predicted molar refractivity (Wildman–Crippen MR) is 107 cm³/mol. The van der Waals surface area contributed by atoms with Gasteiger partial charge in [-0.15, -0.1) is 0 Å². The van der Waals surface area contributed by atoms with Crippen LogP contribution in [0.4, 0.5) is 0 Å². The Labute approximate surface area is 159 Å². The summed E-state index contributed by atoms with van der Waals surface area (Å²) >= 11 is 0. The van der Waals surface area contributed by atoms with E-state index in [1.165, 1.54) is 0 Å². The maximum absolute atomic E-state index is 13.0. The molecule has 3 aromatic rings. The number of carbonyl (C=O) groups excluding carboxylic acids is 1. The van der Waals surface area contributed by atoms with E-state index in [2.05, 4.69) is 29.5 Å². The Balaban J connectivity index is 1.62. The van der Waals surface area contributed by atoms with E-state index in [0.29, 0.717) is 11.6 Å². The number of nitrogens with zero attached hydrogens (tertiary/aromatic N) is 3. The third kappa shape index (κ3) is 3.64. The first-order valence-corrected chi connectivity index (χ1v) is 9.49. The minimum Gasteiger partial charge on any atom is -0.336 e. The first-order valence-electron chi connectivity index (χ1n) is 9.49. The highest BCUT2D eigenvalue weighted by atomic mass is 16.2. The van der Waals surface area contributed by atoms with Crippen LogP contribution in [0.1, 0.15) is 23.7 Å². The van der Waals surface area contributed by atoms with Gasteiger partial charge in [0.15, 0.2) is 0 Å². The minimum atomic E-state index is 0.0882. The Hall–Kier alpha value is -2.92. The molecule has 1 unspecified atom stereocenters. The average Bonchev–Trinajstić information content (AvgIpc) is 3.24. The summed E-state index contributed by atoms with van der Waals surface area (Å²) in [5.41, 5.74) is 3.71. The van der Waals surface area contributed by atoms with E-state index in [4.69, 9.17) is 0 Å². The van der Waals surface area contributed by atoms with Crippen LogP contribution in [0.15, 0.2) is 66.9 Å². The number of piperazine rings is 1. The van der Waals surface area contributed by atoms with Gasteiger partial charge in [0.25, 0.3) is 5.91 Å². The summed E-state index contributed by atoms with van der Waals surface area (Å²) in [6.07, 6.45) is 2.82. The average molecular weight is 360 g/mol. The molecule has 4 rings (SSSR count). The van der Waals surface area contributed by atoms with Crippen LogP contribution in [0.25, 0.3) is 16.9 Å². The number of hydrogen-bond donors (Lipinski definition) is 1. The quantitative estimate of drug-likeness (QED) is 0.776. The summed E-state index contributed by atoms with van der Waals surface area (Å²) in [7, 11) is 0. The standard InChI is InChI=1S/C22H24N4O/c1-2-19-16-25(14-13-23-19)22(27)18-9-6-10-20(15-18)26-21(11-12-24-26)17-7-4-3-5-8-17/h3-12,15,19,23H,2,13-14,16H2,1H3. The molecule has 1 aliphatic rings. The molecule has 0 bridgehead atoms. The lowest BCUT2D eigenvalue weighted by Gasteiger charge is -2.33. The van der Waals surface area contributed by atoms with Gasteiger partial charge in [-0.25, -0.2) is 4.68 Å². The highest BCUT2D eigenvalue weighted by Crippen LogP contribution is 2.23. The largest absolute Gasteiger partial charge is 0.336 e. The number of hydrogen-bond acceptors (Lipinski definition) is 3. The van der Waals surface area contributed by atoms with Gasteiger partial charge in [-0.05, 0) is 30.7 Å². The maximum Gasteiger partial charge on any atom is 0.254 e. The van der Waals surface area contributed by atoms with E-state index in [-0.39, 0.29) is 5.91 Å². The summed E-state index contributed by atoms with van der Waals surface area (Å²) in [4.78, 5) is 15.0. The Morgan fingerprint density at radius 1 is 1.15 bits per heavy atom. The zero-order valence-corrected chi connectivity index (χ0v) is 15.5. The first-order chi connectivity index (χ1) is 13.3. The topological polar surface area (TPSA) is 50.2 Å². The summed E-state index contributed by atoms with van der Waals surface area (Å²) in [5, 5.41) is 7.94. The van der Waals surface area contributed by atoms with Crippen molar-refractivity contribution in [1.29, 1.82) is 0 Å². The lowest BCUT2D eigenvalue weighted by atomic mass is 10.1. The molecular weight excluding hydrogens is 336 g/mol. The smallest absolute Gasteiger partial charge is 0.254 e. The number of aromatic nitrogens is 2. The van der Waals surface area contributed by atoms with Crippen molar-refractivity contribution in [2.75, 3.05) is 19.6 Å². The second kappa shape index (κ2) is 7.76. The van der Waals surface area contributed by atoms with Crippen LogP contribution in [-0.4, -0.2) is 46.3 Å². The van der Waals surface area contributed by atoms with Crippen LogP contribution < -0.4 is 5.32 Å². The van der Waals surface area contributed by atoms with Crippen molar-refractivity contribution >= 4 is 5.91 Å². The molecule has 1 N–H and O–H groups in total. The highest BCUT2D eigenvalue weighted by Gasteiger charge is 2.23. The molecule has 0 spiro atoms. The van der Waals surface area contributed by atoms with Gasteiger partial charge >= 0.3 is 0 Å². The summed E-state index contributed by atoms with van der Waals surface area (Å²) in [6, 6.07) is 20.3. The lowest BCUT2D eigenvalue weighted by Crippen LogP contribution is -2.52. The number of amides is 1. The van der Waals surface area contributed by atoms with Crippen LogP contribution in [0, 0.1) is 0 Å². The molecule has 138 valence electrons. The van der Waals surface area contributed by atoms with E-state index in [1.807, 2.05) is 58.1 Å². The van der Waals surface area contributed by atoms with E-state index >= 15 is 0 Å². The van der Waals surface area contributed by atoms with Crippen LogP contribution in [0.2, 0.25) is 0 Å². The number of rotatable bonds is 4. The van der Waals surface area contributed by atoms with Gasteiger partial charge in [-0.3, -0.25) is 4.79 Å².